The third-order valence-electron chi connectivity index (χ3n) is 4.59. The number of Topliss-reactive ketones (excluding diaryl/α,β-unsaturated/α-hetero) is 1. The second-order valence-electron chi connectivity index (χ2n) is 5.64. The Morgan fingerprint density at radius 1 is 1.32 bits per heavy atom. The lowest BCUT2D eigenvalue weighted by Gasteiger charge is -2.39. The Labute approximate surface area is 114 Å². The number of ketones is 1. The minimum Gasteiger partial charge on any atom is -0.496 e. The fourth-order valence-electron chi connectivity index (χ4n) is 2.93. The Morgan fingerprint density at radius 2 is 1.95 bits per heavy atom. The summed E-state index contributed by atoms with van der Waals surface area (Å²) in [6.07, 6.45) is 2.62. The number of hydrogen-bond acceptors (Lipinski definition) is 3. The third kappa shape index (κ3) is 2.06. The number of aryl methyl sites for hydroxylation is 1. The highest BCUT2D eigenvalue weighted by atomic mass is 16.5. The highest BCUT2D eigenvalue weighted by molar-refractivity contribution is 6.04. The van der Waals surface area contributed by atoms with E-state index in [1.165, 1.54) is 0 Å². The van der Waals surface area contributed by atoms with Crippen molar-refractivity contribution in [2.45, 2.75) is 40.0 Å². The molecular weight excluding hydrogens is 240 g/mol. The summed E-state index contributed by atoms with van der Waals surface area (Å²) in [7, 11) is 1.64. The molecule has 0 aliphatic heterocycles. The van der Waals surface area contributed by atoms with Crippen molar-refractivity contribution in [2.75, 3.05) is 13.7 Å². The van der Waals surface area contributed by atoms with Gasteiger partial charge in [-0.1, -0.05) is 6.42 Å². The molecule has 3 heteroatoms. The minimum atomic E-state index is -0.531. The topological polar surface area (TPSA) is 46.5 Å². The summed E-state index contributed by atoms with van der Waals surface area (Å²) >= 11 is 0. The number of benzene rings is 1. The minimum absolute atomic E-state index is 0.0458. The number of carbonyl (C=O) groups is 1. The second-order valence-corrected chi connectivity index (χ2v) is 5.64. The molecule has 0 bridgehead atoms. The summed E-state index contributed by atoms with van der Waals surface area (Å²) in [6, 6.07) is 1.92. The van der Waals surface area contributed by atoms with Gasteiger partial charge in [-0.05, 0) is 56.4 Å². The molecule has 104 valence electrons. The SMILES string of the molecule is COc1cc(C)c(C(=O)C2(CO)CCC2)c(C)c1C. The van der Waals surface area contributed by atoms with E-state index in [1.807, 2.05) is 26.8 Å². The summed E-state index contributed by atoms with van der Waals surface area (Å²) in [5.41, 5.74) is 3.15. The molecule has 0 saturated heterocycles. The highest BCUT2D eigenvalue weighted by Crippen LogP contribution is 2.44. The number of aliphatic hydroxyl groups excluding tert-OH is 1. The van der Waals surface area contributed by atoms with Gasteiger partial charge in [-0.2, -0.15) is 0 Å². The van der Waals surface area contributed by atoms with Gasteiger partial charge in [-0.25, -0.2) is 0 Å². The molecule has 0 atom stereocenters. The van der Waals surface area contributed by atoms with Crippen molar-refractivity contribution >= 4 is 5.78 Å². The lowest BCUT2D eigenvalue weighted by molar-refractivity contribution is 0.0346. The fraction of sp³-hybridized carbons (Fsp3) is 0.562. The molecule has 3 nitrogen and oxygen atoms in total. The first-order valence-electron chi connectivity index (χ1n) is 6.77. The van der Waals surface area contributed by atoms with Crippen LogP contribution in [0, 0.1) is 26.2 Å². The van der Waals surface area contributed by atoms with Crippen molar-refractivity contribution in [3.8, 4) is 5.75 Å². The molecule has 0 aromatic heterocycles. The predicted molar refractivity (Wildman–Crippen MR) is 74.9 cm³/mol. The maximum Gasteiger partial charge on any atom is 0.171 e. The van der Waals surface area contributed by atoms with Crippen LogP contribution >= 0.6 is 0 Å². The summed E-state index contributed by atoms with van der Waals surface area (Å²) in [5, 5.41) is 9.57. The van der Waals surface area contributed by atoms with Crippen LogP contribution in [-0.2, 0) is 0 Å². The molecule has 0 amide bonds. The smallest absolute Gasteiger partial charge is 0.171 e. The standard InChI is InChI=1S/C16H22O3/c1-10-8-13(19-4)11(2)12(3)14(10)15(18)16(9-17)6-5-7-16/h8,17H,5-7,9H2,1-4H3. The average Bonchev–Trinajstić information content (AvgIpc) is 2.33. The van der Waals surface area contributed by atoms with Crippen LogP contribution in [0.25, 0.3) is 0 Å². The summed E-state index contributed by atoms with van der Waals surface area (Å²) in [5.74, 6) is 0.917. The van der Waals surface area contributed by atoms with Gasteiger partial charge in [0.05, 0.1) is 19.1 Å². The van der Waals surface area contributed by atoms with Crippen LogP contribution in [-0.4, -0.2) is 24.6 Å². The normalized spacial score (nSPS) is 16.9. The van der Waals surface area contributed by atoms with Crippen LogP contribution in [0.3, 0.4) is 0 Å². The number of aliphatic hydroxyl groups is 1. The van der Waals surface area contributed by atoms with Crippen LogP contribution in [0.1, 0.15) is 46.3 Å². The molecule has 1 aliphatic carbocycles. The van der Waals surface area contributed by atoms with Crippen LogP contribution in [0.15, 0.2) is 6.07 Å². The number of ether oxygens (including phenoxy) is 1. The van der Waals surface area contributed by atoms with Crippen LogP contribution in [0.2, 0.25) is 0 Å². The van der Waals surface area contributed by atoms with Gasteiger partial charge in [-0.3, -0.25) is 4.79 Å². The van der Waals surface area contributed by atoms with Crippen molar-refractivity contribution in [3.05, 3.63) is 28.3 Å². The van der Waals surface area contributed by atoms with Crippen molar-refractivity contribution < 1.29 is 14.6 Å². The zero-order chi connectivity index (χ0) is 14.2. The van der Waals surface area contributed by atoms with E-state index in [9.17, 15) is 9.90 Å². The molecule has 0 unspecified atom stereocenters. The molecular formula is C16H22O3. The summed E-state index contributed by atoms with van der Waals surface area (Å²) < 4.78 is 5.33. The molecule has 1 N–H and O–H groups in total. The third-order valence-corrected chi connectivity index (χ3v) is 4.59. The molecule has 1 saturated carbocycles. The predicted octanol–water partition coefficient (Wildman–Crippen LogP) is 2.97. The Hall–Kier alpha value is -1.35. The molecule has 1 aromatic carbocycles. The van der Waals surface area contributed by atoms with Crippen molar-refractivity contribution in [1.82, 2.24) is 0 Å². The Kier molecular flexibility index (Phi) is 3.68. The van der Waals surface area contributed by atoms with E-state index < -0.39 is 5.41 Å². The van der Waals surface area contributed by atoms with Gasteiger partial charge in [0.2, 0.25) is 0 Å². The van der Waals surface area contributed by atoms with Crippen molar-refractivity contribution in [2.24, 2.45) is 5.41 Å². The molecule has 19 heavy (non-hydrogen) atoms. The van der Waals surface area contributed by atoms with Crippen molar-refractivity contribution in [3.63, 3.8) is 0 Å². The number of carbonyl (C=O) groups excluding carboxylic acids is 1. The molecule has 0 spiro atoms. The van der Waals surface area contributed by atoms with Gasteiger partial charge in [0.15, 0.2) is 5.78 Å². The number of hydrogen-bond donors (Lipinski definition) is 1. The van der Waals surface area contributed by atoms with Gasteiger partial charge in [0.1, 0.15) is 5.75 Å². The first kappa shape index (κ1) is 14.1. The van der Waals surface area contributed by atoms with Gasteiger partial charge in [-0.15, -0.1) is 0 Å². The lowest BCUT2D eigenvalue weighted by Crippen LogP contribution is -2.42. The maximum absolute atomic E-state index is 12.8. The van der Waals surface area contributed by atoms with Crippen LogP contribution in [0.4, 0.5) is 0 Å². The van der Waals surface area contributed by atoms with Gasteiger partial charge in [0.25, 0.3) is 0 Å². The van der Waals surface area contributed by atoms with Gasteiger partial charge in [0, 0.05) is 5.56 Å². The van der Waals surface area contributed by atoms with E-state index in [2.05, 4.69) is 0 Å². The maximum atomic E-state index is 12.8. The molecule has 1 fully saturated rings. The average molecular weight is 262 g/mol. The van der Waals surface area contributed by atoms with E-state index in [0.29, 0.717) is 0 Å². The van der Waals surface area contributed by atoms with Crippen LogP contribution in [0.5, 0.6) is 5.75 Å². The number of methoxy groups -OCH3 is 1. The van der Waals surface area contributed by atoms with E-state index in [-0.39, 0.29) is 12.4 Å². The van der Waals surface area contributed by atoms with Gasteiger partial charge >= 0.3 is 0 Å². The van der Waals surface area contributed by atoms with Crippen LogP contribution < -0.4 is 4.74 Å². The van der Waals surface area contributed by atoms with E-state index in [0.717, 1.165) is 47.3 Å². The zero-order valence-electron chi connectivity index (χ0n) is 12.2. The van der Waals surface area contributed by atoms with E-state index in [1.54, 1.807) is 7.11 Å². The fourth-order valence-corrected chi connectivity index (χ4v) is 2.93. The first-order valence-corrected chi connectivity index (χ1v) is 6.77. The van der Waals surface area contributed by atoms with Gasteiger partial charge < -0.3 is 9.84 Å². The monoisotopic (exact) mass is 262 g/mol. The lowest BCUT2D eigenvalue weighted by atomic mass is 9.64. The quantitative estimate of drug-likeness (QED) is 0.849. The molecule has 1 aliphatic rings. The molecule has 2 rings (SSSR count). The summed E-state index contributed by atoms with van der Waals surface area (Å²) in [6.45, 7) is 5.82. The Morgan fingerprint density at radius 3 is 2.37 bits per heavy atom. The first-order chi connectivity index (χ1) is 8.96. The number of rotatable bonds is 4. The highest BCUT2D eigenvalue weighted by Gasteiger charge is 2.44. The molecule has 0 radical (unpaired) electrons. The Bertz CT molecular complexity index is 508. The molecule has 1 aromatic rings. The largest absolute Gasteiger partial charge is 0.496 e. The zero-order valence-corrected chi connectivity index (χ0v) is 12.2. The summed E-state index contributed by atoms with van der Waals surface area (Å²) in [4.78, 5) is 12.8. The second kappa shape index (κ2) is 4.97. The van der Waals surface area contributed by atoms with E-state index in [4.69, 9.17) is 4.74 Å². The van der Waals surface area contributed by atoms with E-state index >= 15 is 0 Å². The van der Waals surface area contributed by atoms with Crippen molar-refractivity contribution in [1.29, 1.82) is 0 Å². The Balaban J connectivity index is 2.51. The molecule has 0 heterocycles.